The first-order valence-corrected chi connectivity index (χ1v) is 11.9. The van der Waals surface area contributed by atoms with Crippen LogP contribution in [0.15, 0.2) is 60.7 Å². The number of nitrogens with zero attached hydrogens (tertiary/aromatic N) is 1. The molecule has 1 heterocycles. The van der Waals surface area contributed by atoms with Crippen LogP contribution in [-0.2, 0) is 14.3 Å². The number of fused-ring (bicyclic) bond motifs is 3. The predicted molar refractivity (Wildman–Crippen MR) is 128 cm³/mol. The molecule has 8 nitrogen and oxygen atoms in total. The van der Waals surface area contributed by atoms with Crippen molar-refractivity contribution < 1.29 is 29.3 Å². The highest BCUT2D eigenvalue weighted by molar-refractivity contribution is 5.86. The number of ether oxygens (including phenoxy) is 1. The first-order valence-electron chi connectivity index (χ1n) is 11.9. The van der Waals surface area contributed by atoms with E-state index in [0.29, 0.717) is 12.8 Å². The molecule has 2 aromatic carbocycles. The van der Waals surface area contributed by atoms with Gasteiger partial charge in [-0.05, 0) is 35.1 Å². The zero-order chi connectivity index (χ0) is 24.5. The van der Waals surface area contributed by atoms with Crippen LogP contribution < -0.4 is 5.32 Å². The summed E-state index contributed by atoms with van der Waals surface area (Å²) in [5.41, 5.74) is 4.57. The number of benzene rings is 2. The monoisotopic (exact) mass is 476 g/mol. The van der Waals surface area contributed by atoms with Crippen molar-refractivity contribution in [3.05, 3.63) is 71.8 Å². The zero-order valence-electron chi connectivity index (χ0n) is 19.2. The lowest BCUT2D eigenvalue weighted by atomic mass is 9.89. The molecule has 5 rings (SSSR count). The summed E-state index contributed by atoms with van der Waals surface area (Å²) >= 11 is 0. The minimum atomic E-state index is -1.12. The number of alkyl carbamates (subject to hydrolysis) is 1. The van der Waals surface area contributed by atoms with Crippen molar-refractivity contribution >= 4 is 18.0 Å². The Labute approximate surface area is 203 Å². The molecule has 2 amide bonds. The van der Waals surface area contributed by atoms with Crippen LogP contribution in [0.4, 0.5) is 4.79 Å². The molecule has 0 bridgehead atoms. The molecule has 8 heteroatoms. The van der Waals surface area contributed by atoms with Crippen LogP contribution in [0.1, 0.15) is 36.3 Å². The van der Waals surface area contributed by atoms with Gasteiger partial charge in [-0.1, -0.05) is 60.7 Å². The number of nitrogens with one attached hydrogen (secondary N) is 1. The third kappa shape index (κ3) is 4.53. The lowest BCUT2D eigenvalue weighted by Gasteiger charge is -2.30. The molecular formula is C27H28N2O6. The van der Waals surface area contributed by atoms with Crippen LogP contribution in [0.25, 0.3) is 11.1 Å². The maximum atomic E-state index is 13.0. The molecule has 1 saturated heterocycles. The van der Waals surface area contributed by atoms with E-state index < -0.39 is 36.2 Å². The van der Waals surface area contributed by atoms with E-state index in [2.05, 4.69) is 29.6 Å². The Balaban J connectivity index is 1.19. The van der Waals surface area contributed by atoms with Gasteiger partial charge < -0.3 is 25.2 Å². The summed E-state index contributed by atoms with van der Waals surface area (Å²) in [7, 11) is 0. The second-order valence-corrected chi connectivity index (χ2v) is 9.41. The lowest BCUT2D eigenvalue weighted by Crippen LogP contribution is -2.46. The van der Waals surface area contributed by atoms with Gasteiger partial charge in [0.2, 0.25) is 5.91 Å². The van der Waals surface area contributed by atoms with E-state index in [1.54, 1.807) is 0 Å². The van der Waals surface area contributed by atoms with E-state index in [1.165, 1.54) is 4.90 Å². The van der Waals surface area contributed by atoms with Gasteiger partial charge in [-0.3, -0.25) is 4.79 Å². The maximum absolute atomic E-state index is 13.0. The first-order chi connectivity index (χ1) is 16.9. The highest BCUT2D eigenvalue weighted by Gasteiger charge is 2.41. The second kappa shape index (κ2) is 9.54. The molecule has 0 aromatic heterocycles. The Morgan fingerprint density at radius 3 is 2.31 bits per heavy atom. The van der Waals surface area contributed by atoms with Gasteiger partial charge in [0.05, 0.1) is 12.1 Å². The smallest absolute Gasteiger partial charge is 0.407 e. The number of likely N-dealkylation sites (tertiary alicyclic amines) is 1. The van der Waals surface area contributed by atoms with Gasteiger partial charge in [-0.2, -0.15) is 0 Å². The Hall–Kier alpha value is -3.65. The van der Waals surface area contributed by atoms with Crippen molar-refractivity contribution in [3.63, 3.8) is 0 Å². The first kappa shape index (κ1) is 23.1. The van der Waals surface area contributed by atoms with E-state index in [4.69, 9.17) is 4.74 Å². The number of β-amino-alcohol motifs (C(OH)–C–C–N with tert-alkyl or cyclic N) is 1. The largest absolute Gasteiger partial charge is 0.480 e. The van der Waals surface area contributed by atoms with E-state index in [-0.39, 0.29) is 31.4 Å². The van der Waals surface area contributed by atoms with Gasteiger partial charge in [0.1, 0.15) is 12.6 Å². The molecule has 35 heavy (non-hydrogen) atoms. The van der Waals surface area contributed by atoms with Crippen LogP contribution >= 0.6 is 0 Å². The van der Waals surface area contributed by atoms with Gasteiger partial charge in [0, 0.05) is 24.8 Å². The molecule has 1 aliphatic heterocycles. The number of allylic oxidation sites excluding steroid dienone is 1. The number of carbonyl (C=O) groups is 3. The molecule has 2 aromatic rings. The van der Waals surface area contributed by atoms with Gasteiger partial charge >= 0.3 is 12.1 Å². The molecular weight excluding hydrogens is 448 g/mol. The van der Waals surface area contributed by atoms with Gasteiger partial charge in [-0.15, -0.1) is 0 Å². The summed E-state index contributed by atoms with van der Waals surface area (Å²) < 4.78 is 5.61. The Morgan fingerprint density at radius 2 is 1.66 bits per heavy atom. The van der Waals surface area contributed by atoms with Crippen LogP contribution in [0.5, 0.6) is 0 Å². The summed E-state index contributed by atoms with van der Waals surface area (Å²) in [6.07, 6.45) is 3.09. The molecule has 3 N–H and O–H groups in total. The Bertz CT molecular complexity index is 1130. The number of carbonyl (C=O) groups excluding carboxylic acids is 2. The number of aliphatic hydroxyl groups is 1. The number of amides is 2. The number of carboxylic acids is 1. The Kier molecular flexibility index (Phi) is 6.30. The number of rotatable bonds is 5. The van der Waals surface area contributed by atoms with Crippen molar-refractivity contribution in [1.29, 1.82) is 0 Å². The fraction of sp³-hybridized carbons (Fsp3) is 0.370. The summed E-state index contributed by atoms with van der Waals surface area (Å²) in [5, 5.41) is 22.1. The fourth-order valence-electron chi connectivity index (χ4n) is 5.51. The standard InChI is InChI=1S/C27H28N2O6/c30-18-13-24(26(32)33)29(14-18)25(31)16-6-5-7-17(12-16)28-27(34)35-15-23-21-10-3-1-8-19(21)20-9-2-4-11-22(20)23/h1-5,7-11,16-18,23-24,30H,6,12-15H2,(H,28,34)(H,32,33)/t16-,17-,18-,24-/m1/s1. The Morgan fingerprint density at radius 1 is 1.00 bits per heavy atom. The average molecular weight is 477 g/mol. The van der Waals surface area contributed by atoms with Crippen LogP contribution in [-0.4, -0.2) is 64.4 Å². The van der Waals surface area contributed by atoms with Crippen LogP contribution in [0.3, 0.4) is 0 Å². The van der Waals surface area contributed by atoms with E-state index >= 15 is 0 Å². The molecule has 0 spiro atoms. The molecule has 0 saturated carbocycles. The van der Waals surface area contributed by atoms with E-state index in [0.717, 1.165) is 22.3 Å². The highest BCUT2D eigenvalue weighted by Crippen LogP contribution is 2.44. The average Bonchev–Trinajstić information content (AvgIpc) is 3.41. The number of aliphatic carboxylic acids is 1. The second-order valence-electron chi connectivity index (χ2n) is 9.41. The SMILES string of the molecule is O=C(N[C@@H]1C=CC[C@@H](C(=O)N2C[C@H](O)C[C@@H]2C(=O)O)C1)OCC1c2ccccc2-c2ccccc21. The molecule has 182 valence electrons. The lowest BCUT2D eigenvalue weighted by molar-refractivity contribution is -0.150. The van der Waals surface area contributed by atoms with Crippen molar-refractivity contribution in [1.82, 2.24) is 10.2 Å². The van der Waals surface area contributed by atoms with Gasteiger partial charge in [0.25, 0.3) is 0 Å². The number of aliphatic hydroxyl groups excluding tert-OH is 1. The quantitative estimate of drug-likeness (QED) is 0.572. The minimum Gasteiger partial charge on any atom is -0.480 e. The summed E-state index contributed by atoms with van der Waals surface area (Å²) in [5.74, 6) is -1.93. The molecule has 1 fully saturated rings. The predicted octanol–water partition coefficient (Wildman–Crippen LogP) is 2.91. The number of hydrogen-bond donors (Lipinski definition) is 3. The van der Waals surface area contributed by atoms with Crippen LogP contribution in [0.2, 0.25) is 0 Å². The minimum absolute atomic E-state index is 0.0144. The number of hydrogen-bond acceptors (Lipinski definition) is 5. The topological polar surface area (TPSA) is 116 Å². The normalized spacial score (nSPS) is 25.1. The summed E-state index contributed by atoms with van der Waals surface area (Å²) in [6, 6.07) is 14.8. The zero-order valence-corrected chi connectivity index (χ0v) is 19.2. The molecule has 0 radical (unpaired) electrons. The molecule has 2 aliphatic carbocycles. The maximum Gasteiger partial charge on any atom is 0.407 e. The highest BCUT2D eigenvalue weighted by atomic mass is 16.5. The number of carboxylic acid groups (broad SMARTS) is 1. The van der Waals surface area contributed by atoms with Gasteiger partial charge in [0.15, 0.2) is 0 Å². The van der Waals surface area contributed by atoms with Gasteiger partial charge in [-0.25, -0.2) is 9.59 Å². The van der Waals surface area contributed by atoms with Crippen LogP contribution in [0, 0.1) is 5.92 Å². The molecule has 4 atom stereocenters. The fourth-order valence-corrected chi connectivity index (χ4v) is 5.51. The third-order valence-electron chi connectivity index (χ3n) is 7.17. The van der Waals surface area contributed by atoms with E-state index in [9.17, 15) is 24.6 Å². The van der Waals surface area contributed by atoms with Crippen molar-refractivity contribution in [2.24, 2.45) is 5.92 Å². The molecule has 3 aliphatic rings. The van der Waals surface area contributed by atoms with Crippen molar-refractivity contribution in [3.8, 4) is 11.1 Å². The summed E-state index contributed by atoms with van der Waals surface area (Å²) in [4.78, 5) is 38.4. The summed E-state index contributed by atoms with van der Waals surface area (Å²) in [6.45, 7) is 0.213. The van der Waals surface area contributed by atoms with Crippen molar-refractivity contribution in [2.75, 3.05) is 13.2 Å². The third-order valence-corrected chi connectivity index (χ3v) is 7.17. The van der Waals surface area contributed by atoms with Crippen molar-refractivity contribution in [2.45, 2.75) is 43.4 Å². The molecule has 0 unspecified atom stereocenters. The van der Waals surface area contributed by atoms with E-state index in [1.807, 2.05) is 36.4 Å².